The summed E-state index contributed by atoms with van der Waals surface area (Å²) in [4.78, 5) is 2.72. The Labute approximate surface area is 169 Å². The molecule has 3 heterocycles. The largest absolute Gasteiger partial charge is 0.464 e. The molecule has 28 heavy (non-hydrogen) atoms. The van der Waals surface area contributed by atoms with Gasteiger partial charge in [-0.25, -0.2) is 4.57 Å². The molecule has 4 aromatic rings. The van der Waals surface area contributed by atoms with E-state index in [2.05, 4.69) is 55.1 Å². The molecule has 0 N–H and O–H groups in total. The highest BCUT2D eigenvalue weighted by Crippen LogP contribution is 2.50. The van der Waals surface area contributed by atoms with Crippen LogP contribution in [0.4, 0.5) is 0 Å². The maximum atomic E-state index is 5.75. The lowest BCUT2D eigenvalue weighted by molar-refractivity contribution is -0.659. The molecule has 2 nitrogen and oxygen atoms in total. The predicted octanol–water partition coefficient (Wildman–Crippen LogP) is 6.90. The monoisotopic (exact) mass is 386 g/mol. The van der Waals surface area contributed by atoms with Crippen molar-refractivity contribution < 1.29 is 8.98 Å². The second kappa shape index (κ2) is 6.12. The van der Waals surface area contributed by atoms with E-state index < -0.39 is 0 Å². The van der Waals surface area contributed by atoms with Crippen molar-refractivity contribution in [2.75, 3.05) is 0 Å². The zero-order valence-electron chi connectivity index (χ0n) is 16.4. The fourth-order valence-corrected chi connectivity index (χ4v) is 6.55. The molecule has 2 aromatic heterocycles. The Bertz CT molecular complexity index is 1250. The van der Waals surface area contributed by atoms with E-state index in [-0.39, 0.29) is 0 Å². The van der Waals surface area contributed by atoms with Gasteiger partial charge in [0.05, 0.1) is 17.2 Å². The molecule has 0 unspecified atom stereocenters. The number of pyridine rings is 1. The molecule has 2 aromatic carbocycles. The number of hydrogen-bond donors (Lipinski definition) is 0. The zero-order valence-corrected chi connectivity index (χ0v) is 17.2. The molecule has 1 fully saturated rings. The molecule has 2 aliphatic rings. The van der Waals surface area contributed by atoms with Gasteiger partial charge in [-0.1, -0.05) is 37.1 Å². The molecule has 0 radical (unpaired) electrons. The number of nitrogens with zero attached hydrogens (tertiary/aromatic N) is 1. The minimum Gasteiger partial charge on any atom is -0.464 e. The summed E-state index contributed by atoms with van der Waals surface area (Å²) >= 11 is 1.92. The van der Waals surface area contributed by atoms with Gasteiger partial charge < -0.3 is 4.42 Å². The highest BCUT2D eigenvalue weighted by atomic mass is 32.2. The van der Waals surface area contributed by atoms with E-state index in [9.17, 15) is 0 Å². The Kier molecular flexibility index (Phi) is 3.64. The summed E-state index contributed by atoms with van der Waals surface area (Å²) < 4.78 is 8.05. The first-order valence-electron chi connectivity index (χ1n) is 10.4. The first-order chi connectivity index (χ1) is 13.7. The Hall–Kier alpha value is -2.26. The fraction of sp³-hybridized carbons (Fsp3) is 0.320. The molecule has 0 atom stereocenters. The smallest absolute Gasteiger partial charge is 0.222 e. The van der Waals surface area contributed by atoms with Crippen LogP contribution in [0, 0.1) is 6.92 Å². The van der Waals surface area contributed by atoms with Crippen molar-refractivity contribution in [2.45, 2.75) is 54.7 Å². The van der Waals surface area contributed by atoms with Crippen molar-refractivity contribution in [1.29, 1.82) is 0 Å². The molecule has 1 aliphatic carbocycles. The minimum absolute atomic E-state index is 0.725. The summed E-state index contributed by atoms with van der Waals surface area (Å²) in [7, 11) is 2.17. The van der Waals surface area contributed by atoms with Crippen molar-refractivity contribution in [3.63, 3.8) is 0 Å². The van der Waals surface area contributed by atoms with Gasteiger partial charge in [-0.2, -0.15) is 0 Å². The van der Waals surface area contributed by atoms with Crippen LogP contribution in [0.25, 0.3) is 33.0 Å². The highest BCUT2D eigenvalue weighted by Gasteiger charge is 2.30. The van der Waals surface area contributed by atoms with Gasteiger partial charge in [-0.05, 0) is 60.4 Å². The van der Waals surface area contributed by atoms with Gasteiger partial charge >= 0.3 is 0 Å². The number of hydrogen-bond acceptors (Lipinski definition) is 2. The van der Waals surface area contributed by atoms with E-state index in [1.54, 1.807) is 0 Å². The second-order valence-electron chi connectivity index (χ2n) is 8.40. The summed E-state index contributed by atoms with van der Waals surface area (Å²) in [6.45, 7) is 2.23. The van der Waals surface area contributed by atoms with Gasteiger partial charge in [0.2, 0.25) is 5.69 Å². The lowest BCUT2D eigenvalue weighted by Crippen LogP contribution is -2.31. The standard InChI is InChI=1S/C25H24NOS/c1-15-19-9-11-27-20(19)14-22-23(15)25-24-17(8-10-26(25)2)12-18(13-21(24)28-22)16-6-4-3-5-7-16/h8-14,16H,3-7H2,1-2H3/q+1. The van der Waals surface area contributed by atoms with Gasteiger partial charge in [-0.3, -0.25) is 0 Å². The number of fused-ring (bicyclic) bond motifs is 3. The van der Waals surface area contributed by atoms with Crippen molar-refractivity contribution in [2.24, 2.45) is 7.05 Å². The SMILES string of the molecule is Cc1c2c(cc3occc13)Sc1cc(C3CCCCC3)cc3cc[n+](C)c-2c13. The second-order valence-corrected chi connectivity index (χ2v) is 9.49. The molecule has 6 rings (SSSR count). The molecule has 1 saturated carbocycles. The lowest BCUT2D eigenvalue weighted by atomic mass is 9.83. The van der Waals surface area contributed by atoms with Gasteiger partial charge in [0.1, 0.15) is 12.6 Å². The summed E-state index contributed by atoms with van der Waals surface area (Å²) in [5.74, 6) is 0.725. The first kappa shape index (κ1) is 16.7. The van der Waals surface area contributed by atoms with Crippen LogP contribution in [-0.4, -0.2) is 0 Å². The number of furan rings is 1. The Morgan fingerprint density at radius 1 is 1.04 bits per heavy atom. The third-order valence-corrected chi connectivity index (χ3v) is 7.82. The summed E-state index contributed by atoms with van der Waals surface area (Å²) in [5.41, 5.74) is 6.56. The lowest BCUT2D eigenvalue weighted by Gasteiger charge is -2.25. The molecule has 0 bridgehead atoms. The summed E-state index contributed by atoms with van der Waals surface area (Å²) in [6.07, 6.45) is 10.9. The fourth-order valence-electron chi connectivity index (χ4n) is 5.29. The quantitative estimate of drug-likeness (QED) is 0.292. The van der Waals surface area contributed by atoms with Gasteiger partial charge in [0.25, 0.3) is 0 Å². The minimum atomic E-state index is 0.725. The Balaban J connectivity index is 1.65. The van der Waals surface area contributed by atoms with E-state index in [1.807, 2.05) is 18.0 Å². The average molecular weight is 387 g/mol. The molecule has 0 saturated heterocycles. The summed E-state index contributed by atoms with van der Waals surface area (Å²) in [6, 6.07) is 11.6. The van der Waals surface area contributed by atoms with Crippen LogP contribution >= 0.6 is 11.8 Å². The average Bonchev–Trinajstić information content (AvgIpc) is 3.19. The maximum absolute atomic E-state index is 5.75. The topological polar surface area (TPSA) is 17.0 Å². The molecule has 1 aliphatic heterocycles. The maximum Gasteiger partial charge on any atom is 0.222 e. The van der Waals surface area contributed by atoms with E-state index in [0.717, 1.165) is 11.5 Å². The van der Waals surface area contributed by atoms with E-state index >= 15 is 0 Å². The van der Waals surface area contributed by atoms with Crippen LogP contribution < -0.4 is 4.57 Å². The van der Waals surface area contributed by atoms with Crippen molar-refractivity contribution >= 4 is 33.5 Å². The van der Waals surface area contributed by atoms with Crippen LogP contribution in [0.3, 0.4) is 0 Å². The number of aryl methyl sites for hydroxylation is 2. The van der Waals surface area contributed by atoms with Gasteiger partial charge in [0.15, 0.2) is 6.20 Å². The zero-order chi connectivity index (χ0) is 18.8. The molecule has 0 amide bonds. The number of rotatable bonds is 1. The van der Waals surface area contributed by atoms with E-state index in [0.29, 0.717) is 0 Å². The number of benzene rings is 2. The van der Waals surface area contributed by atoms with E-state index in [1.165, 1.54) is 80.4 Å². The normalized spacial score (nSPS) is 16.6. The highest BCUT2D eigenvalue weighted by molar-refractivity contribution is 7.99. The molecule has 0 spiro atoms. The Morgan fingerprint density at radius 3 is 2.75 bits per heavy atom. The van der Waals surface area contributed by atoms with Crippen LogP contribution in [0.5, 0.6) is 0 Å². The third-order valence-electron chi connectivity index (χ3n) is 6.74. The van der Waals surface area contributed by atoms with Gasteiger partial charge in [0, 0.05) is 21.2 Å². The summed E-state index contributed by atoms with van der Waals surface area (Å²) in [5, 5.41) is 4.02. The molecule has 140 valence electrons. The Morgan fingerprint density at radius 2 is 1.89 bits per heavy atom. The number of aromatic nitrogens is 1. The van der Waals surface area contributed by atoms with E-state index in [4.69, 9.17) is 4.42 Å². The molecule has 3 heteroatoms. The van der Waals surface area contributed by atoms with Crippen molar-refractivity contribution in [3.8, 4) is 11.3 Å². The van der Waals surface area contributed by atoms with Crippen LogP contribution in [0.15, 0.2) is 57.0 Å². The van der Waals surface area contributed by atoms with Crippen LogP contribution in [-0.2, 0) is 7.05 Å². The van der Waals surface area contributed by atoms with Crippen LogP contribution in [0.2, 0.25) is 0 Å². The first-order valence-corrected chi connectivity index (χ1v) is 11.2. The predicted molar refractivity (Wildman–Crippen MR) is 115 cm³/mol. The third kappa shape index (κ3) is 2.32. The van der Waals surface area contributed by atoms with Gasteiger partial charge in [-0.15, -0.1) is 0 Å². The molecular formula is C25H24NOS+. The van der Waals surface area contributed by atoms with Crippen molar-refractivity contribution in [1.82, 2.24) is 0 Å². The van der Waals surface area contributed by atoms with Crippen LogP contribution in [0.1, 0.15) is 49.1 Å². The van der Waals surface area contributed by atoms with Crippen molar-refractivity contribution in [3.05, 3.63) is 53.9 Å². The molecular weight excluding hydrogens is 362 g/mol.